The predicted molar refractivity (Wildman–Crippen MR) is 67.5 cm³/mol. The van der Waals surface area contributed by atoms with Crippen molar-refractivity contribution in [2.24, 2.45) is 0 Å². The molecule has 2 aromatic rings. The average Bonchev–Trinajstić information content (AvgIpc) is 2.68. The molecule has 1 aromatic carbocycles. The van der Waals surface area contributed by atoms with Gasteiger partial charge >= 0.3 is 0 Å². The van der Waals surface area contributed by atoms with Crippen LogP contribution in [0, 0.1) is 11.3 Å². The Morgan fingerprint density at radius 1 is 1.31 bits per heavy atom. The number of nitriles is 1. The van der Waals surface area contributed by atoms with Crippen LogP contribution in [0.4, 0.5) is 0 Å². The van der Waals surface area contributed by atoms with Gasteiger partial charge in [0.1, 0.15) is 0 Å². The normalized spacial score (nSPS) is 18.0. The first-order valence-electron chi connectivity index (χ1n) is 5.44. The van der Waals surface area contributed by atoms with Gasteiger partial charge in [0.15, 0.2) is 0 Å². The molecule has 1 saturated carbocycles. The summed E-state index contributed by atoms with van der Waals surface area (Å²) in [6.07, 6.45) is 3.65. The van der Waals surface area contributed by atoms with Crippen molar-refractivity contribution < 1.29 is 0 Å². The molecule has 3 rings (SSSR count). The number of benzene rings is 1. The van der Waals surface area contributed by atoms with Gasteiger partial charge in [0, 0.05) is 11.2 Å². The molecule has 0 bridgehead atoms. The number of fused-ring (bicyclic) bond motifs is 1. The van der Waals surface area contributed by atoms with Crippen LogP contribution in [-0.2, 0) is 4.32 Å². The van der Waals surface area contributed by atoms with E-state index in [-0.39, 0.29) is 4.32 Å². The minimum absolute atomic E-state index is 0.152. The Kier molecular flexibility index (Phi) is 2.08. The van der Waals surface area contributed by atoms with Crippen LogP contribution in [-0.4, -0.2) is 4.98 Å². The number of H-pyrrole nitrogens is 1. The average molecular weight is 275 g/mol. The molecule has 3 heteroatoms. The van der Waals surface area contributed by atoms with Gasteiger partial charge in [-0.15, -0.1) is 0 Å². The molecule has 2 nitrogen and oxygen atoms in total. The number of nitrogens with zero attached hydrogens (tertiary/aromatic N) is 1. The third kappa shape index (κ3) is 1.37. The number of aromatic nitrogens is 1. The summed E-state index contributed by atoms with van der Waals surface area (Å²) in [5, 5.41) is 10.0. The maximum Gasteiger partial charge on any atom is 0.0992 e. The smallest absolute Gasteiger partial charge is 0.0992 e. The lowest BCUT2D eigenvalue weighted by atomic mass is 9.82. The van der Waals surface area contributed by atoms with Crippen molar-refractivity contribution in [3.63, 3.8) is 0 Å². The first kappa shape index (κ1) is 9.92. The molecular weight excluding hydrogens is 264 g/mol. The van der Waals surface area contributed by atoms with Crippen LogP contribution in [0.15, 0.2) is 24.3 Å². The molecule has 1 aliphatic carbocycles. The van der Waals surface area contributed by atoms with E-state index >= 15 is 0 Å². The molecule has 0 spiro atoms. The largest absolute Gasteiger partial charge is 0.357 e. The summed E-state index contributed by atoms with van der Waals surface area (Å²) in [5.74, 6) is 0. The van der Waals surface area contributed by atoms with Crippen molar-refractivity contribution in [3.8, 4) is 6.07 Å². The van der Waals surface area contributed by atoms with Crippen LogP contribution in [0.2, 0.25) is 0 Å². The molecule has 0 unspecified atom stereocenters. The van der Waals surface area contributed by atoms with Gasteiger partial charge in [-0.25, -0.2) is 0 Å². The van der Waals surface area contributed by atoms with E-state index in [9.17, 15) is 0 Å². The minimum Gasteiger partial charge on any atom is -0.357 e. The van der Waals surface area contributed by atoms with E-state index in [4.69, 9.17) is 5.26 Å². The first-order valence-corrected chi connectivity index (χ1v) is 6.23. The Bertz CT molecular complexity index is 587. The summed E-state index contributed by atoms with van der Waals surface area (Å²) in [7, 11) is 0. The molecule has 80 valence electrons. The van der Waals surface area contributed by atoms with Gasteiger partial charge in [-0.05, 0) is 42.8 Å². The van der Waals surface area contributed by atoms with E-state index in [0.29, 0.717) is 5.56 Å². The molecule has 1 heterocycles. The van der Waals surface area contributed by atoms with Crippen molar-refractivity contribution in [3.05, 3.63) is 35.5 Å². The van der Waals surface area contributed by atoms with Gasteiger partial charge in [0.2, 0.25) is 0 Å². The molecule has 1 aliphatic rings. The number of rotatable bonds is 1. The zero-order valence-corrected chi connectivity index (χ0v) is 10.3. The molecule has 0 aliphatic heterocycles. The van der Waals surface area contributed by atoms with Gasteiger partial charge in [0.25, 0.3) is 0 Å². The van der Waals surface area contributed by atoms with Crippen LogP contribution < -0.4 is 0 Å². The van der Waals surface area contributed by atoms with E-state index in [1.807, 2.05) is 18.2 Å². The fourth-order valence-electron chi connectivity index (χ4n) is 2.19. The fourth-order valence-corrected chi connectivity index (χ4v) is 2.97. The zero-order chi connectivity index (χ0) is 11.2. The van der Waals surface area contributed by atoms with Crippen molar-refractivity contribution in [2.45, 2.75) is 23.6 Å². The summed E-state index contributed by atoms with van der Waals surface area (Å²) >= 11 is 3.79. The SMILES string of the molecule is N#Cc1ccc2cc(C3(Br)CCC3)[nH]c2c1. The van der Waals surface area contributed by atoms with Gasteiger partial charge in [0.05, 0.1) is 16.0 Å². The zero-order valence-electron chi connectivity index (χ0n) is 8.76. The van der Waals surface area contributed by atoms with Gasteiger partial charge in [-0.3, -0.25) is 0 Å². The third-order valence-corrected chi connectivity index (χ3v) is 4.60. The van der Waals surface area contributed by atoms with Crippen LogP contribution in [0.5, 0.6) is 0 Å². The van der Waals surface area contributed by atoms with Crippen LogP contribution in [0.25, 0.3) is 10.9 Å². The Labute approximate surface area is 102 Å². The number of aromatic amines is 1. The summed E-state index contributed by atoms with van der Waals surface area (Å²) in [6.45, 7) is 0. The van der Waals surface area contributed by atoms with Crippen molar-refractivity contribution in [2.75, 3.05) is 0 Å². The summed E-state index contributed by atoms with van der Waals surface area (Å²) in [4.78, 5) is 3.41. The van der Waals surface area contributed by atoms with Crippen molar-refractivity contribution in [1.82, 2.24) is 4.98 Å². The highest BCUT2D eigenvalue weighted by Gasteiger charge is 2.37. The lowest BCUT2D eigenvalue weighted by Crippen LogP contribution is -2.27. The van der Waals surface area contributed by atoms with Gasteiger partial charge in [-0.1, -0.05) is 22.0 Å². The molecule has 1 aromatic heterocycles. The minimum atomic E-state index is 0.152. The standard InChI is InChI=1S/C13H11BrN2/c14-13(4-1-5-13)12-7-10-3-2-9(8-15)6-11(10)16-12/h2-3,6-7,16H,1,4-5H2. The molecular formula is C13H11BrN2. The summed E-state index contributed by atoms with van der Waals surface area (Å²) in [6, 6.07) is 10.1. The maximum absolute atomic E-state index is 8.85. The summed E-state index contributed by atoms with van der Waals surface area (Å²) in [5.41, 5.74) is 3.00. The molecule has 1 fully saturated rings. The molecule has 16 heavy (non-hydrogen) atoms. The highest BCUT2D eigenvalue weighted by molar-refractivity contribution is 9.09. The highest BCUT2D eigenvalue weighted by Crippen LogP contribution is 2.49. The predicted octanol–water partition coefficient (Wildman–Crippen LogP) is 3.81. The molecule has 1 N–H and O–H groups in total. The number of alkyl halides is 1. The van der Waals surface area contributed by atoms with E-state index in [0.717, 1.165) is 5.52 Å². The number of hydrogen-bond donors (Lipinski definition) is 1. The molecule has 0 saturated heterocycles. The Morgan fingerprint density at radius 2 is 2.12 bits per heavy atom. The monoisotopic (exact) mass is 274 g/mol. The van der Waals surface area contributed by atoms with E-state index in [1.54, 1.807) is 0 Å². The molecule has 0 amide bonds. The second kappa shape index (κ2) is 3.36. The number of halogens is 1. The highest BCUT2D eigenvalue weighted by atomic mass is 79.9. The van der Waals surface area contributed by atoms with Gasteiger partial charge in [-0.2, -0.15) is 5.26 Å². The fraction of sp³-hybridized carbons (Fsp3) is 0.308. The second-order valence-electron chi connectivity index (χ2n) is 4.42. The quantitative estimate of drug-likeness (QED) is 0.790. The van der Waals surface area contributed by atoms with E-state index in [1.165, 1.54) is 30.3 Å². The van der Waals surface area contributed by atoms with Crippen LogP contribution in [0.1, 0.15) is 30.5 Å². The third-order valence-electron chi connectivity index (χ3n) is 3.38. The molecule has 0 atom stereocenters. The van der Waals surface area contributed by atoms with Crippen molar-refractivity contribution in [1.29, 1.82) is 5.26 Å². The maximum atomic E-state index is 8.85. The lowest BCUT2D eigenvalue weighted by molar-refractivity contribution is 0.376. The first-order chi connectivity index (χ1) is 7.71. The number of nitrogens with one attached hydrogen (secondary N) is 1. The van der Waals surface area contributed by atoms with Crippen LogP contribution >= 0.6 is 15.9 Å². The van der Waals surface area contributed by atoms with E-state index < -0.39 is 0 Å². The number of hydrogen-bond acceptors (Lipinski definition) is 1. The van der Waals surface area contributed by atoms with Gasteiger partial charge < -0.3 is 4.98 Å². The lowest BCUT2D eigenvalue weighted by Gasteiger charge is -2.35. The Balaban J connectivity index is 2.13. The Hall–Kier alpha value is -1.27. The van der Waals surface area contributed by atoms with E-state index in [2.05, 4.69) is 33.0 Å². The molecule has 0 radical (unpaired) electrons. The summed E-state index contributed by atoms with van der Waals surface area (Å²) < 4.78 is 0.152. The Morgan fingerprint density at radius 3 is 2.75 bits per heavy atom. The van der Waals surface area contributed by atoms with Crippen LogP contribution in [0.3, 0.4) is 0 Å². The topological polar surface area (TPSA) is 39.6 Å². The second-order valence-corrected chi connectivity index (χ2v) is 5.93. The van der Waals surface area contributed by atoms with Crippen molar-refractivity contribution >= 4 is 26.8 Å².